The summed E-state index contributed by atoms with van der Waals surface area (Å²) in [7, 11) is 1.78. The zero-order valence-corrected chi connectivity index (χ0v) is 22.0. The highest BCUT2D eigenvalue weighted by molar-refractivity contribution is 14.0. The van der Waals surface area contributed by atoms with Crippen LogP contribution in [0.4, 0.5) is 0 Å². The number of hydrogen-bond acceptors (Lipinski definition) is 5. The third-order valence-corrected chi connectivity index (χ3v) is 5.62. The Kier molecular flexibility index (Phi) is 13.5. The quantitative estimate of drug-likeness (QED) is 0.145. The van der Waals surface area contributed by atoms with E-state index in [2.05, 4.69) is 20.9 Å². The van der Waals surface area contributed by atoms with Gasteiger partial charge in [-0.15, -0.1) is 24.0 Å². The van der Waals surface area contributed by atoms with E-state index >= 15 is 0 Å². The third-order valence-electron chi connectivity index (χ3n) is 5.62. The molecule has 1 saturated carbocycles. The van der Waals surface area contributed by atoms with Crippen LogP contribution in [0.3, 0.4) is 0 Å². The van der Waals surface area contributed by atoms with Gasteiger partial charge in [0, 0.05) is 52.6 Å². The fourth-order valence-electron chi connectivity index (χ4n) is 3.49. The predicted molar refractivity (Wildman–Crippen MR) is 141 cm³/mol. The van der Waals surface area contributed by atoms with Gasteiger partial charge in [-0.2, -0.15) is 0 Å². The van der Waals surface area contributed by atoms with Crippen molar-refractivity contribution in [1.82, 2.24) is 16.0 Å². The molecule has 1 aliphatic heterocycles. The van der Waals surface area contributed by atoms with Gasteiger partial charge in [0.15, 0.2) is 12.6 Å². The smallest absolute Gasteiger partial charge is 0.258 e. The van der Waals surface area contributed by atoms with E-state index in [0.717, 1.165) is 84.0 Å². The highest BCUT2D eigenvalue weighted by Crippen LogP contribution is 2.18. The fourth-order valence-corrected chi connectivity index (χ4v) is 3.49. The molecule has 0 spiro atoms. The number of nitrogens with one attached hydrogen (secondary N) is 3. The summed E-state index contributed by atoms with van der Waals surface area (Å²) < 4.78 is 16.7. The van der Waals surface area contributed by atoms with Crippen LogP contribution < -0.4 is 20.7 Å². The molecule has 0 aromatic heterocycles. The van der Waals surface area contributed by atoms with Gasteiger partial charge < -0.3 is 30.2 Å². The number of guanidine groups is 1. The average molecular weight is 575 g/mol. The first kappa shape index (κ1) is 27.7. The van der Waals surface area contributed by atoms with Gasteiger partial charge in [-0.05, 0) is 62.1 Å². The third kappa shape index (κ3) is 11.9. The minimum Gasteiger partial charge on any atom is -0.484 e. The largest absolute Gasteiger partial charge is 0.484 e. The Bertz CT molecular complexity index is 707. The van der Waals surface area contributed by atoms with Crippen LogP contribution in [0.1, 0.15) is 37.7 Å². The van der Waals surface area contributed by atoms with Gasteiger partial charge >= 0.3 is 0 Å². The first-order chi connectivity index (χ1) is 15.7. The molecule has 8 nitrogen and oxygen atoms in total. The number of nitrogens with zero attached hydrogens (tertiary/aromatic N) is 1. The van der Waals surface area contributed by atoms with E-state index < -0.39 is 0 Å². The molecular weight excluding hydrogens is 535 g/mol. The number of halogens is 1. The van der Waals surface area contributed by atoms with Crippen molar-refractivity contribution in [3.8, 4) is 5.75 Å². The lowest BCUT2D eigenvalue weighted by Crippen LogP contribution is -2.39. The van der Waals surface area contributed by atoms with E-state index in [1.807, 2.05) is 24.3 Å². The second kappa shape index (κ2) is 16.1. The summed E-state index contributed by atoms with van der Waals surface area (Å²) >= 11 is 0. The summed E-state index contributed by atoms with van der Waals surface area (Å²) in [6, 6.07) is 8.24. The van der Waals surface area contributed by atoms with Gasteiger partial charge in [0.05, 0.1) is 0 Å². The Morgan fingerprint density at radius 3 is 2.52 bits per heavy atom. The monoisotopic (exact) mass is 574 g/mol. The standard InChI is InChI=1S/C24H38N4O4.HI/c1-25-24(26-12-2-14-31-17-20-10-15-30-16-11-20)27-13-9-19-3-7-22(8-4-19)32-18-23(29)28-21-5-6-21;/h3-4,7-8,20-21H,2,5-6,9-18H2,1H3,(H,28,29)(H2,25,26,27);1H. The molecule has 3 N–H and O–H groups in total. The van der Waals surface area contributed by atoms with Crippen molar-refractivity contribution in [3.05, 3.63) is 29.8 Å². The molecule has 1 saturated heterocycles. The number of rotatable bonds is 13. The summed E-state index contributed by atoms with van der Waals surface area (Å²) in [4.78, 5) is 16.0. The number of amides is 1. The molecule has 2 aliphatic rings. The summed E-state index contributed by atoms with van der Waals surface area (Å²) in [5.74, 6) is 2.12. The lowest BCUT2D eigenvalue weighted by molar-refractivity contribution is -0.123. The van der Waals surface area contributed by atoms with E-state index in [9.17, 15) is 4.79 Å². The zero-order valence-electron chi connectivity index (χ0n) is 19.6. The van der Waals surface area contributed by atoms with Crippen molar-refractivity contribution in [1.29, 1.82) is 0 Å². The van der Waals surface area contributed by atoms with Crippen LogP contribution in [0.5, 0.6) is 5.75 Å². The van der Waals surface area contributed by atoms with Crippen LogP contribution >= 0.6 is 24.0 Å². The van der Waals surface area contributed by atoms with Gasteiger partial charge in [-0.1, -0.05) is 12.1 Å². The normalized spacial score (nSPS) is 16.6. The highest BCUT2D eigenvalue weighted by atomic mass is 127. The van der Waals surface area contributed by atoms with Crippen molar-refractivity contribution < 1.29 is 19.0 Å². The molecule has 0 bridgehead atoms. The molecule has 3 rings (SSSR count). The number of ether oxygens (including phenoxy) is 3. The Labute approximate surface area is 214 Å². The lowest BCUT2D eigenvalue weighted by atomic mass is 10.0. The Hall–Kier alpha value is -1.59. The molecule has 0 atom stereocenters. The Morgan fingerprint density at radius 2 is 1.82 bits per heavy atom. The minimum absolute atomic E-state index is 0. The van der Waals surface area contributed by atoms with E-state index in [0.29, 0.717) is 17.7 Å². The average Bonchev–Trinajstić information content (AvgIpc) is 3.64. The molecule has 1 amide bonds. The van der Waals surface area contributed by atoms with Crippen molar-refractivity contribution >= 4 is 35.8 Å². The fraction of sp³-hybridized carbons (Fsp3) is 0.667. The summed E-state index contributed by atoms with van der Waals surface area (Å²) in [6.45, 7) is 5.02. The van der Waals surface area contributed by atoms with E-state index in [1.165, 1.54) is 5.56 Å². The minimum atomic E-state index is -0.0504. The molecular formula is C24H39IN4O4. The maximum atomic E-state index is 11.7. The van der Waals surface area contributed by atoms with Crippen LogP contribution in [0.2, 0.25) is 0 Å². The molecule has 2 fully saturated rings. The maximum absolute atomic E-state index is 11.7. The Balaban J connectivity index is 0.00000385. The van der Waals surface area contributed by atoms with Gasteiger partial charge in [0.25, 0.3) is 5.91 Å². The topological polar surface area (TPSA) is 93.2 Å². The molecule has 1 heterocycles. The molecule has 1 aliphatic carbocycles. The van der Waals surface area contributed by atoms with Crippen molar-refractivity contribution in [2.75, 3.05) is 53.2 Å². The van der Waals surface area contributed by atoms with E-state index in [1.54, 1.807) is 7.05 Å². The van der Waals surface area contributed by atoms with Gasteiger partial charge in [-0.3, -0.25) is 9.79 Å². The SMILES string of the molecule is CN=C(NCCCOCC1CCOCC1)NCCc1ccc(OCC(=O)NC2CC2)cc1.I. The summed E-state index contributed by atoms with van der Waals surface area (Å²) in [5.41, 5.74) is 1.20. The molecule has 0 radical (unpaired) electrons. The molecule has 9 heteroatoms. The first-order valence-electron chi connectivity index (χ1n) is 11.8. The number of aliphatic imine (C=N–C) groups is 1. The molecule has 1 aromatic carbocycles. The molecule has 33 heavy (non-hydrogen) atoms. The second-order valence-electron chi connectivity index (χ2n) is 8.43. The second-order valence-corrected chi connectivity index (χ2v) is 8.43. The predicted octanol–water partition coefficient (Wildman–Crippen LogP) is 2.50. The van der Waals surface area contributed by atoms with Crippen LogP contribution in [0.15, 0.2) is 29.3 Å². The van der Waals surface area contributed by atoms with Crippen LogP contribution in [-0.2, 0) is 20.7 Å². The van der Waals surface area contributed by atoms with E-state index in [-0.39, 0.29) is 36.5 Å². The molecule has 186 valence electrons. The maximum Gasteiger partial charge on any atom is 0.258 e. The van der Waals surface area contributed by atoms with Crippen LogP contribution in [0, 0.1) is 5.92 Å². The van der Waals surface area contributed by atoms with Gasteiger partial charge in [0.1, 0.15) is 5.75 Å². The molecule has 0 unspecified atom stereocenters. The number of carbonyl (C=O) groups excluding carboxylic acids is 1. The lowest BCUT2D eigenvalue weighted by Gasteiger charge is -2.21. The van der Waals surface area contributed by atoms with Gasteiger partial charge in [-0.25, -0.2) is 0 Å². The molecule has 1 aromatic rings. The van der Waals surface area contributed by atoms with Crippen molar-refractivity contribution in [3.63, 3.8) is 0 Å². The van der Waals surface area contributed by atoms with E-state index in [4.69, 9.17) is 14.2 Å². The van der Waals surface area contributed by atoms with Gasteiger partial charge in [0.2, 0.25) is 0 Å². The van der Waals surface area contributed by atoms with Crippen LogP contribution in [-0.4, -0.2) is 71.1 Å². The summed E-state index contributed by atoms with van der Waals surface area (Å²) in [6.07, 6.45) is 6.21. The zero-order chi connectivity index (χ0) is 22.4. The number of hydrogen-bond donors (Lipinski definition) is 3. The van der Waals surface area contributed by atoms with Crippen LogP contribution in [0.25, 0.3) is 0 Å². The Morgan fingerprint density at radius 1 is 1.09 bits per heavy atom. The van der Waals surface area contributed by atoms with Crippen molar-refractivity contribution in [2.45, 2.75) is 44.6 Å². The number of carbonyl (C=O) groups is 1. The number of benzene rings is 1. The highest BCUT2D eigenvalue weighted by Gasteiger charge is 2.23. The van der Waals surface area contributed by atoms with Crippen molar-refractivity contribution in [2.24, 2.45) is 10.9 Å². The first-order valence-corrected chi connectivity index (χ1v) is 11.8. The summed E-state index contributed by atoms with van der Waals surface area (Å²) in [5, 5.41) is 9.59.